The Labute approximate surface area is 114 Å². The molecule has 0 aromatic heterocycles. The van der Waals surface area contributed by atoms with Crippen LogP contribution in [0.4, 0.5) is 0 Å². The lowest BCUT2D eigenvalue weighted by molar-refractivity contribution is -0.136. The molecule has 0 aliphatic carbocycles. The number of phenols is 1. The summed E-state index contributed by atoms with van der Waals surface area (Å²) in [5.41, 5.74) is 0.220. The molecule has 2 aliphatic rings. The molecule has 20 heavy (non-hydrogen) atoms. The Bertz CT molecular complexity index is 673. The number of amides is 4. The quantitative estimate of drug-likeness (QED) is 0.705. The fraction of sp³-hybridized carbons (Fsp3) is 0.231. The zero-order valence-corrected chi connectivity index (χ0v) is 10.3. The molecule has 7 nitrogen and oxygen atoms in total. The predicted molar refractivity (Wildman–Crippen MR) is 66.9 cm³/mol. The summed E-state index contributed by atoms with van der Waals surface area (Å²) in [4.78, 5) is 48.2. The minimum absolute atomic E-state index is 0. The van der Waals surface area contributed by atoms with E-state index >= 15 is 0 Å². The Kier molecular flexibility index (Phi) is 2.56. The number of nitrogens with zero attached hydrogens (tertiary/aromatic N) is 1. The van der Waals surface area contributed by atoms with E-state index in [0.29, 0.717) is 0 Å². The summed E-state index contributed by atoms with van der Waals surface area (Å²) in [5.74, 6) is -2.41. The molecule has 1 unspecified atom stereocenters. The number of carbonyl (C=O) groups excluding carboxylic acids is 4. The molecule has 3 rings (SSSR count). The van der Waals surface area contributed by atoms with Gasteiger partial charge in [0.25, 0.3) is 11.8 Å². The van der Waals surface area contributed by atoms with Crippen molar-refractivity contribution in [2.45, 2.75) is 18.9 Å². The van der Waals surface area contributed by atoms with Gasteiger partial charge in [0.1, 0.15) is 11.8 Å². The number of rotatable bonds is 1. The van der Waals surface area contributed by atoms with Crippen molar-refractivity contribution in [3.8, 4) is 5.75 Å². The number of benzene rings is 1. The number of piperidine rings is 1. The van der Waals surface area contributed by atoms with E-state index in [4.69, 9.17) is 0 Å². The number of phenolic OH excluding ortho intramolecular Hbond substituents is 1. The second-order valence-electron chi connectivity index (χ2n) is 4.68. The molecular formula is C13H12N2O5. The smallest absolute Gasteiger partial charge is 0.262 e. The second kappa shape index (κ2) is 4.16. The Morgan fingerprint density at radius 1 is 1.15 bits per heavy atom. The number of hydrogen-bond acceptors (Lipinski definition) is 5. The fourth-order valence-corrected chi connectivity index (χ4v) is 2.46. The van der Waals surface area contributed by atoms with Crippen molar-refractivity contribution in [3.05, 3.63) is 29.3 Å². The first-order valence-corrected chi connectivity index (χ1v) is 6.03. The topological polar surface area (TPSA) is 104 Å². The molecule has 0 bridgehead atoms. The summed E-state index contributed by atoms with van der Waals surface area (Å²) in [5, 5.41) is 11.5. The van der Waals surface area contributed by atoms with E-state index in [0.717, 1.165) is 4.90 Å². The summed E-state index contributed by atoms with van der Waals surface area (Å²) in [6, 6.07) is 2.86. The average Bonchev–Trinajstić information content (AvgIpc) is 2.63. The highest BCUT2D eigenvalue weighted by atomic mass is 16.3. The maximum Gasteiger partial charge on any atom is 0.262 e. The van der Waals surface area contributed by atoms with Crippen LogP contribution < -0.4 is 5.32 Å². The van der Waals surface area contributed by atoms with Crippen molar-refractivity contribution in [1.29, 1.82) is 0 Å². The lowest BCUT2D eigenvalue weighted by atomic mass is 10.0. The molecule has 1 aromatic rings. The second-order valence-corrected chi connectivity index (χ2v) is 4.68. The van der Waals surface area contributed by atoms with Crippen molar-refractivity contribution in [2.24, 2.45) is 0 Å². The number of imide groups is 2. The van der Waals surface area contributed by atoms with Crippen LogP contribution in [0.3, 0.4) is 0 Å². The van der Waals surface area contributed by atoms with Gasteiger partial charge in [0, 0.05) is 7.85 Å². The molecule has 2 aliphatic heterocycles. The standard InChI is InChI=1S/C13H10N2O5.H2/c16-6-1-2-7-8(5-6)13(20)15(12(7)19)9-3-4-10(17)14-11(9)18;/h1-2,5,9,16H,3-4H2,(H,14,17,18);1H. The first kappa shape index (κ1) is 12.3. The number of nitrogens with one attached hydrogen (secondary N) is 1. The highest BCUT2D eigenvalue weighted by Gasteiger charge is 2.44. The van der Waals surface area contributed by atoms with Crippen molar-refractivity contribution in [1.82, 2.24) is 10.2 Å². The summed E-state index contributed by atoms with van der Waals surface area (Å²) < 4.78 is 0. The molecule has 104 valence electrons. The number of aromatic hydroxyl groups is 1. The van der Waals surface area contributed by atoms with E-state index in [1.54, 1.807) is 0 Å². The van der Waals surface area contributed by atoms with E-state index < -0.39 is 29.7 Å². The van der Waals surface area contributed by atoms with Crippen LogP contribution >= 0.6 is 0 Å². The highest BCUT2D eigenvalue weighted by molar-refractivity contribution is 6.23. The maximum atomic E-state index is 12.2. The summed E-state index contributed by atoms with van der Waals surface area (Å²) in [6.45, 7) is 0. The minimum Gasteiger partial charge on any atom is -0.508 e. The van der Waals surface area contributed by atoms with Gasteiger partial charge in [0.2, 0.25) is 11.8 Å². The van der Waals surface area contributed by atoms with Crippen molar-refractivity contribution in [3.63, 3.8) is 0 Å². The number of fused-ring (bicyclic) bond motifs is 1. The van der Waals surface area contributed by atoms with E-state index in [2.05, 4.69) is 5.32 Å². The molecule has 7 heteroatoms. The van der Waals surface area contributed by atoms with E-state index in [1.807, 2.05) is 0 Å². The molecule has 1 aromatic carbocycles. The van der Waals surface area contributed by atoms with E-state index in [9.17, 15) is 24.3 Å². The molecule has 0 radical (unpaired) electrons. The molecule has 2 heterocycles. The van der Waals surface area contributed by atoms with Gasteiger partial charge in [-0.3, -0.25) is 29.4 Å². The molecule has 2 N–H and O–H groups in total. The van der Waals surface area contributed by atoms with Crippen molar-refractivity contribution in [2.75, 3.05) is 0 Å². The van der Waals surface area contributed by atoms with E-state index in [1.165, 1.54) is 18.2 Å². The number of hydrogen-bond donors (Lipinski definition) is 2. The summed E-state index contributed by atoms with van der Waals surface area (Å²) >= 11 is 0. The Morgan fingerprint density at radius 3 is 2.55 bits per heavy atom. The van der Waals surface area contributed by atoms with Crippen molar-refractivity contribution < 1.29 is 25.7 Å². The molecule has 1 saturated heterocycles. The first-order valence-electron chi connectivity index (χ1n) is 6.03. The third kappa shape index (κ3) is 1.67. The number of carbonyl (C=O) groups is 4. The van der Waals surface area contributed by atoms with Crippen LogP contribution in [0.5, 0.6) is 5.75 Å². The van der Waals surface area contributed by atoms with Gasteiger partial charge >= 0.3 is 0 Å². The normalized spacial score (nSPS) is 22.0. The van der Waals surface area contributed by atoms with Gasteiger partial charge in [0.05, 0.1) is 11.1 Å². The average molecular weight is 276 g/mol. The fourth-order valence-electron chi connectivity index (χ4n) is 2.46. The Hall–Kier alpha value is -2.70. The van der Waals surface area contributed by atoms with Gasteiger partial charge < -0.3 is 5.11 Å². The van der Waals surface area contributed by atoms with Gasteiger partial charge in [-0.05, 0) is 24.6 Å². The SMILES string of the molecule is O=C1CCC(N2C(=O)c3ccc(O)cc3C2=O)C(=O)N1.[HH]. The van der Waals surface area contributed by atoms with Gasteiger partial charge in [-0.15, -0.1) is 0 Å². The van der Waals surface area contributed by atoms with E-state index in [-0.39, 0.29) is 31.1 Å². The van der Waals surface area contributed by atoms with Crippen LogP contribution in [0.25, 0.3) is 0 Å². The maximum absolute atomic E-state index is 12.2. The molecule has 0 spiro atoms. The molecule has 0 saturated carbocycles. The van der Waals surface area contributed by atoms with Crippen molar-refractivity contribution >= 4 is 23.6 Å². The van der Waals surface area contributed by atoms with Gasteiger partial charge in [-0.1, -0.05) is 0 Å². The van der Waals surface area contributed by atoms with Crippen LogP contribution in [0.2, 0.25) is 0 Å². The zero-order chi connectivity index (χ0) is 14.4. The Morgan fingerprint density at radius 2 is 1.85 bits per heavy atom. The van der Waals surface area contributed by atoms with Crippen LogP contribution in [0.1, 0.15) is 35.0 Å². The molecule has 1 atom stereocenters. The van der Waals surface area contributed by atoms with Gasteiger partial charge in [-0.25, -0.2) is 0 Å². The highest BCUT2D eigenvalue weighted by Crippen LogP contribution is 2.29. The minimum atomic E-state index is -0.984. The van der Waals surface area contributed by atoms with Crippen LogP contribution in [0, 0.1) is 0 Å². The third-order valence-electron chi connectivity index (χ3n) is 3.42. The van der Waals surface area contributed by atoms with Gasteiger partial charge in [0.15, 0.2) is 0 Å². The summed E-state index contributed by atoms with van der Waals surface area (Å²) in [6.07, 6.45) is 0.192. The first-order chi connectivity index (χ1) is 9.49. The van der Waals surface area contributed by atoms with Crippen LogP contribution in [0.15, 0.2) is 18.2 Å². The molecule has 1 fully saturated rings. The monoisotopic (exact) mass is 276 g/mol. The largest absolute Gasteiger partial charge is 0.508 e. The Balaban J connectivity index is 0.00000161. The lowest BCUT2D eigenvalue weighted by Gasteiger charge is -2.27. The van der Waals surface area contributed by atoms with Crippen LogP contribution in [-0.4, -0.2) is 39.7 Å². The van der Waals surface area contributed by atoms with Gasteiger partial charge in [-0.2, -0.15) is 0 Å². The third-order valence-corrected chi connectivity index (χ3v) is 3.42. The molecule has 4 amide bonds. The lowest BCUT2D eigenvalue weighted by Crippen LogP contribution is -2.54. The molecular weight excluding hydrogens is 264 g/mol. The summed E-state index contributed by atoms with van der Waals surface area (Å²) in [7, 11) is 0. The predicted octanol–water partition coefficient (Wildman–Crippen LogP) is 0.0394. The van der Waals surface area contributed by atoms with Crippen LogP contribution in [-0.2, 0) is 9.59 Å². The zero-order valence-electron chi connectivity index (χ0n) is 10.3.